The van der Waals surface area contributed by atoms with Crippen LogP contribution in [0.2, 0.25) is 0 Å². The third-order valence-corrected chi connectivity index (χ3v) is 5.42. The zero-order valence-corrected chi connectivity index (χ0v) is 16.7. The molecular formula is C19H35N5O2. The van der Waals surface area contributed by atoms with Gasteiger partial charge in [0.05, 0.1) is 5.41 Å². The summed E-state index contributed by atoms with van der Waals surface area (Å²) in [6.07, 6.45) is 5.39. The van der Waals surface area contributed by atoms with Crippen molar-refractivity contribution in [3.05, 3.63) is 0 Å². The Morgan fingerprint density at radius 2 is 1.85 bits per heavy atom. The van der Waals surface area contributed by atoms with E-state index in [1.807, 2.05) is 25.7 Å². The van der Waals surface area contributed by atoms with Gasteiger partial charge in [-0.1, -0.05) is 12.8 Å². The molecule has 0 spiro atoms. The van der Waals surface area contributed by atoms with Crippen LogP contribution in [-0.2, 0) is 9.59 Å². The van der Waals surface area contributed by atoms with Gasteiger partial charge in [-0.2, -0.15) is 0 Å². The van der Waals surface area contributed by atoms with Crippen molar-refractivity contribution in [3.8, 4) is 0 Å². The normalized spacial score (nSPS) is 21.8. The first-order chi connectivity index (χ1) is 12.4. The van der Waals surface area contributed by atoms with Gasteiger partial charge in [-0.3, -0.25) is 14.6 Å². The molecule has 0 aromatic heterocycles. The molecule has 1 saturated heterocycles. The van der Waals surface area contributed by atoms with E-state index in [0.29, 0.717) is 25.0 Å². The topological polar surface area (TPSA) is 85.8 Å². The Kier molecular flexibility index (Phi) is 7.29. The fourth-order valence-corrected chi connectivity index (χ4v) is 3.68. The molecule has 1 aliphatic heterocycles. The molecular weight excluding hydrogens is 330 g/mol. The maximum Gasteiger partial charge on any atom is 0.227 e. The molecule has 1 aliphatic carbocycles. The van der Waals surface area contributed by atoms with Gasteiger partial charge in [0.25, 0.3) is 0 Å². The molecule has 0 bridgehead atoms. The molecule has 148 valence electrons. The molecule has 0 aromatic rings. The van der Waals surface area contributed by atoms with E-state index in [2.05, 4.69) is 20.9 Å². The van der Waals surface area contributed by atoms with Crippen LogP contribution >= 0.6 is 0 Å². The van der Waals surface area contributed by atoms with Crippen LogP contribution in [-0.4, -0.2) is 61.9 Å². The second-order valence-electron chi connectivity index (χ2n) is 8.06. The molecule has 1 heterocycles. The highest BCUT2D eigenvalue weighted by atomic mass is 16.2. The van der Waals surface area contributed by atoms with Crippen molar-refractivity contribution in [2.75, 3.05) is 33.2 Å². The fourth-order valence-electron chi connectivity index (χ4n) is 3.68. The lowest BCUT2D eigenvalue weighted by atomic mass is 9.92. The van der Waals surface area contributed by atoms with Gasteiger partial charge >= 0.3 is 0 Å². The lowest BCUT2D eigenvalue weighted by Crippen LogP contribution is -2.50. The minimum absolute atomic E-state index is 0.0251. The van der Waals surface area contributed by atoms with Gasteiger partial charge in [0.2, 0.25) is 11.8 Å². The van der Waals surface area contributed by atoms with Crippen LogP contribution in [0.5, 0.6) is 0 Å². The number of carbonyl (C=O) groups is 2. The van der Waals surface area contributed by atoms with E-state index >= 15 is 0 Å². The van der Waals surface area contributed by atoms with Gasteiger partial charge in [-0.25, -0.2) is 0 Å². The maximum absolute atomic E-state index is 12.5. The van der Waals surface area contributed by atoms with Crippen LogP contribution in [0, 0.1) is 11.3 Å². The number of rotatable bonds is 6. The van der Waals surface area contributed by atoms with E-state index in [1.165, 1.54) is 12.8 Å². The Hall–Kier alpha value is -1.79. The summed E-state index contributed by atoms with van der Waals surface area (Å²) in [4.78, 5) is 30.9. The quantitative estimate of drug-likeness (QED) is 0.486. The van der Waals surface area contributed by atoms with Gasteiger partial charge in [0.1, 0.15) is 0 Å². The molecule has 2 aliphatic rings. The second kappa shape index (κ2) is 9.24. The van der Waals surface area contributed by atoms with E-state index < -0.39 is 5.41 Å². The van der Waals surface area contributed by atoms with Crippen LogP contribution in [0.3, 0.4) is 0 Å². The summed E-state index contributed by atoms with van der Waals surface area (Å²) in [6.45, 7) is 8.41. The third kappa shape index (κ3) is 5.35. The number of carbonyl (C=O) groups excluding carboxylic acids is 2. The number of amides is 2. The number of guanidine groups is 1. The number of nitrogens with one attached hydrogen (secondary N) is 3. The zero-order valence-electron chi connectivity index (χ0n) is 16.7. The SMILES string of the molecule is CCNC(=O)C(C)(C)CNC(=NC)NC1CCN(C(=O)C2CCCC2)C1. The largest absolute Gasteiger partial charge is 0.356 e. The van der Waals surface area contributed by atoms with Gasteiger partial charge in [0.15, 0.2) is 5.96 Å². The summed E-state index contributed by atoms with van der Waals surface area (Å²) in [5.74, 6) is 1.27. The molecule has 3 N–H and O–H groups in total. The molecule has 1 unspecified atom stereocenters. The smallest absolute Gasteiger partial charge is 0.227 e. The summed E-state index contributed by atoms with van der Waals surface area (Å²) >= 11 is 0. The molecule has 7 heteroatoms. The maximum atomic E-state index is 12.5. The van der Waals surface area contributed by atoms with Crippen LogP contribution in [0.25, 0.3) is 0 Å². The number of hydrogen-bond acceptors (Lipinski definition) is 3. The first-order valence-corrected chi connectivity index (χ1v) is 9.91. The lowest BCUT2D eigenvalue weighted by Gasteiger charge is -2.26. The molecule has 26 heavy (non-hydrogen) atoms. The predicted molar refractivity (Wildman–Crippen MR) is 104 cm³/mol. The number of likely N-dealkylation sites (tertiary alicyclic amines) is 1. The van der Waals surface area contributed by atoms with Crippen molar-refractivity contribution in [3.63, 3.8) is 0 Å². The minimum Gasteiger partial charge on any atom is -0.356 e. The highest BCUT2D eigenvalue weighted by Gasteiger charge is 2.33. The molecule has 1 saturated carbocycles. The van der Waals surface area contributed by atoms with E-state index in [0.717, 1.165) is 32.4 Å². The van der Waals surface area contributed by atoms with Crippen molar-refractivity contribution in [1.82, 2.24) is 20.9 Å². The molecule has 2 amide bonds. The van der Waals surface area contributed by atoms with E-state index in [1.54, 1.807) is 7.05 Å². The second-order valence-corrected chi connectivity index (χ2v) is 8.06. The summed E-state index contributed by atoms with van der Waals surface area (Å²) in [5.41, 5.74) is -0.520. The fraction of sp³-hybridized carbons (Fsp3) is 0.842. The highest BCUT2D eigenvalue weighted by molar-refractivity contribution is 5.84. The Labute approximate surface area is 157 Å². The van der Waals surface area contributed by atoms with Crippen molar-refractivity contribution < 1.29 is 9.59 Å². The molecule has 1 atom stereocenters. The third-order valence-electron chi connectivity index (χ3n) is 5.42. The van der Waals surface area contributed by atoms with Crippen LogP contribution in [0.1, 0.15) is 52.9 Å². The Morgan fingerprint density at radius 3 is 2.46 bits per heavy atom. The molecule has 0 radical (unpaired) electrons. The average Bonchev–Trinajstić information content (AvgIpc) is 3.30. The summed E-state index contributed by atoms with van der Waals surface area (Å²) < 4.78 is 0. The van der Waals surface area contributed by atoms with Crippen LogP contribution in [0.15, 0.2) is 4.99 Å². The molecule has 0 aromatic carbocycles. The van der Waals surface area contributed by atoms with E-state index in [9.17, 15) is 9.59 Å². The molecule has 2 rings (SSSR count). The standard InChI is InChI=1S/C19H35N5O2/c1-5-21-17(26)19(2,3)13-22-18(20-4)23-15-10-11-24(12-15)16(25)14-8-6-7-9-14/h14-15H,5-13H2,1-4H3,(H,21,26)(H2,20,22,23). The van der Waals surface area contributed by atoms with Gasteiger partial charge in [0, 0.05) is 45.2 Å². The number of hydrogen-bond donors (Lipinski definition) is 3. The Morgan fingerprint density at radius 1 is 1.15 bits per heavy atom. The van der Waals surface area contributed by atoms with Crippen LogP contribution in [0.4, 0.5) is 0 Å². The highest BCUT2D eigenvalue weighted by Crippen LogP contribution is 2.27. The predicted octanol–water partition coefficient (Wildman–Crippen LogP) is 1.10. The number of aliphatic imine (C=N–C) groups is 1. The van der Waals surface area contributed by atoms with Crippen LogP contribution < -0.4 is 16.0 Å². The van der Waals surface area contributed by atoms with E-state index in [-0.39, 0.29) is 17.9 Å². The van der Waals surface area contributed by atoms with Crippen molar-refractivity contribution in [1.29, 1.82) is 0 Å². The van der Waals surface area contributed by atoms with E-state index in [4.69, 9.17) is 0 Å². The summed E-state index contributed by atoms with van der Waals surface area (Å²) in [5, 5.41) is 9.51. The van der Waals surface area contributed by atoms with Gasteiger partial charge < -0.3 is 20.9 Å². The van der Waals surface area contributed by atoms with Gasteiger partial charge in [-0.15, -0.1) is 0 Å². The van der Waals surface area contributed by atoms with Crippen molar-refractivity contribution >= 4 is 17.8 Å². The van der Waals surface area contributed by atoms with Gasteiger partial charge in [-0.05, 0) is 40.0 Å². The average molecular weight is 366 g/mol. The summed E-state index contributed by atoms with van der Waals surface area (Å²) in [7, 11) is 1.73. The molecule has 7 nitrogen and oxygen atoms in total. The lowest BCUT2D eigenvalue weighted by molar-refractivity contribution is -0.134. The minimum atomic E-state index is -0.520. The first kappa shape index (κ1) is 20.5. The number of nitrogens with zero attached hydrogens (tertiary/aromatic N) is 2. The Bertz CT molecular complexity index is 526. The zero-order chi connectivity index (χ0) is 19.2. The monoisotopic (exact) mass is 365 g/mol. The summed E-state index contributed by atoms with van der Waals surface area (Å²) in [6, 6.07) is 0.208. The Balaban J connectivity index is 1.79. The van der Waals surface area contributed by atoms with Crippen molar-refractivity contribution in [2.24, 2.45) is 16.3 Å². The molecule has 2 fully saturated rings. The van der Waals surface area contributed by atoms with Crippen molar-refractivity contribution in [2.45, 2.75) is 58.9 Å². The first-order valence-electron chi connectivity index (χ1n) is 9.91.